The first kappa shape index (κ1) is 9.51. The van der Waals surface area contributed by atoms with E-state index in [1.807, 2.05) is 0 Å². The molecule has 1 heterocycles. The van der Waals surface area contributed by atoms with Crippen molar-refractivity contribution in [2.45, 2.75) is 0 Å². The maximum Gasteiger partial charge on any atom is 0.255 e. The molecule has 4 nitrogen and oxygen atoms in total. The number of pyridine rings is 1. The molecule has 0 spiro atoms. The van der Waals surface area contributed by atoms with Crippen LogP contribution in [0.15, 0.2) is 18.5 Å². The molecule has 0 radical (unpaired) electrons. The highest BCUT2D eigenvalue weighted by Crippen LogP contribution is 2.13. The first-order valence-electron chi connectivity index (χ1n) is 4.00. The van der Waals surface area contributed by atoms with Crippen molar-refractivity contribution in [3.63, 3.8) is 0 Å². The van der Waals surface area contributed by atoms with Crippen LogP contribution in [0.4, 0.5) is 5.69 Å². The highest BCUT2D eigenvalue weighted by molar-refractivity contribution is 5.99. The quantitative estimate of drug-likeness (QED) is 0.731. The van der Waals surface area contributed by atoms with E-state index < -0.39 is 0 Å². The Kier molecular flexibility index (Phi) is 2.84. The fraction of sp³-hybridized carbons (Fsp3) is 0.333. The predicted octanol–water partition coefficient (Wildman–Crippen LogP) is 0.825. The molecule has 1 N–H and O–H groups in total. The average molecular weight is 179 g/mol. The summed E-state index contributed by atoms with van der Waals surface area (Å²) in [5.74, 6) is -0.0215. The van der Waals surface area contributed by atoms with Crippen LogP contribution in [0.25, 0.3) is 0 Å². The zero-order valence-corrected chi connectivity index (χ0v) is 8.03. The van der Waals surface area contributed by atoms with Crippen molar-refractivity contribution < 1.29 is 4.79 Å². The molecule has 4 heteroatoms. The molecular weight excluding hydrogens is 166 g/mol. The standard InChI is InChI=1S/C9H13N3O/c1-10-8-6-11-5-4-7(8)9(13)12(2)3/h4-6,10H,1-3H3. The van der Waals surface area contributed by atoms with E-state index in [0.717, 1.165) is 5.69 Å². The largest absolute Gasteiger partial charge is 0.386 e. The van der Waals surface area contributed by atoms with Gasteiger partial charge in [0.15, 0.2) is 0 Å². The number of aromatic nitrogens is 1. The van der Waals surface area contributed by atoms with Crippen LogP contribution >= 0.6 is 0 Å². The summed E-state index contributed by atoms with van der Waals surface area (Å²) in [6.45, 7) is 0. The van der Waals surface area contributed by atoms with E-state index >= 15 is 0 Å². The van der Waals surface area contributed by atoms with Crippen LogP contribution in [0.3, 0.4) is 0 Å². The van der Waals surface area contributed by atoms with E-state index in [0.29, 0.717) is 5.56 Å². The fourth-order valence-corrected chi connectivity index (χ4v) is 1.02. The number of carbonyl (C=O) groups excluding carboxylic acids is 1. The van der Waals surface area contributed by atoms with Gasteiger partial charge in [0.2, 0.25) is 0 Å². The molecule has 0 unspecified atom stereocenters. The Labute approximate surface area is 77.6 Å². The monoisotopic (exact) mass is 179 g/mol. The van der Waals surface area contributed by atoms with Crippen LogP contribution in [-0.2, 0) is 0 Å². The second kappa shape index (κ2) is 3.89. The topological polar surface area (TPSA) is 45.2 Å². The molecule has 0 aliphatic carbocycles. The summed E-state index contributed by atoms with van der Waals surface area (Å²) in [4.78, 5) is 17.0. The molecule has 0 aromatic carbocycles. The van der Waals surface area contributed by atoms with Crippen LogP contribution in [0, 0.1) is 0 Å². The molecule has 0 saturated carbocycles. The average Bonchev–Trinajstić information content (AvgIpc) is 2.16. The zero-order valence-electron chi connectivity index (χ0n) is 8.03. The van der Waals surface area contributed by atoms with Gasteiger partial charge in [-0.2, -0.15) is 0 Å². The Bertz CT molecular complexity index is 309. The summed E-state index contributed by atoms with van der Waals surface area (Å²) in [5.41, 5.74) is 1.39. The molecule has 0 aliphatic rings. The Balaban J connectivity index is 3.06. The predicted molar refractivity (Wildman–Crippen MR) is 51.8 cm³/mol. The van der Waals surface area contributed by atoms with Gasteiger partial charge < -0.3 is 10.2 Å². The third-order valence-electron chi connectivity index (χ3n) is 1.73. The van der Waals surface area contributed by atoms with Gasteiger partial charge in [0.25, 0.3) is 5.91 Å². The second-order valence-electron chi connectivity index (χ2n) is 2.87. The molecular formula is C9H13N3O. The van der Waals surface area contributed by atoms with Gasteiger partial charge in [-0.25, -0.2) is 0 Å². The molecule has 0 atom stereocenters. The number of nitrogens with one attached hydrogen (secondary N) is 1. The van der Waals surface area contributed by atoms with Gasteiger partial charge in [0, 0.05) is 27.3 Å². The maximum absolute atomic E-state index is 11.6. The lowest BCUT2D eigenvalue weighted by molar-refractivity contribution is 0.0828. The number of carbonyl (C=O) groups is 1. The smallest absolute Gasteiger partial charge is 0.255 e. The van der Waals surface area contributed by atoms with E-state index in [1.165, 1.54) is 4.90 Å². The first-order valence-corrected chi connectivity index (χ1v) is 4.00. The minimum Gasteiger partial charge on any atom is -0.386 e. The normalized spacial score (nSPS) is 9.46. The van der Waals surface area contributed by atoms with Gasteiger partial charge in [0.05, 0.1) is 17.4 Å². The summed E-state index contributed by atoms with van der Waals surface area (Å²) in [7, 11) is 5.22. The summed E-state index contributed by atoms with van der Waals surface area (Å²) >= 11 is 0. The van der Waals surface area contributed by atoms with Crippen molar-refractivity contribution in [1.82, 2.24) is 9.88 Å². The van der Waals surface area contributed by atoms with Gasteiger partial charge in [-0.05, 0) is 6.07 Å². The Morgan fingerprint density at radius 3 is 2.77 bits per heavy atom. The number of hydrogen-bond donors (Lipinski definition) is 1. The van der Waals surface area contributed by atoms with Crippen LogP contribution in [-0.4, -0.2) is 36.9 Å². The van der Waals surface area contributed by atoms with E-state index in [2.05, 4.69) is 10.3 Å². The zero-order chi connectivity index (χ0) is 9.84. The Hall–Kier alpha value is -1.58. The molecule has 0 fully saturated rings. The van der Waals surface area contributed by atoms with Crippen molar-refractivity contribution in [2.75, 3.05) is 26.5 Å². The molecule has 1 aromatic heterocycles. The van der Waals surface area contributed by atoms with E-state index in [9.17, 15) is 4.79 Å². The molecule has 0 bridgehead atoms. The first-order chi connectivity index (χ1) is 6.16. The van der Waals surface area contributed by atoms with Crippen LogP contribution in [0.2, 0.25) is 0 Å². The lowest BCUT2D eigenvalue weighted by atomic mass is 10.2. The van der Waals surface area contributed by atoms with Crippen molar-refractivity contribution in [2.24, 2.45) is 0 Å². The molecule has 0 aliphatic heterocycles. The summed E-state index contributed by atoms with van der Waals surface area (Å²) in [6.07, 6.45) is 3.24. The Morgan fingerprint density at radius 2 is 2.23 bits per heavy atom. The van der Waals surface area contributed by atoms with Crippen molar-refractivity contribution >= 4 is 11.6 Å². The summed E-state index contributed by atoms with van der Waals surface area (Å²) in [6, 6.07) is 1.70. The second-order valence-corrected chi connectivity index (χ2v) is 2.87. The third kappa shape index (κ3) is 1.96. The third-order valence-corrected chi connectivity index (χ3v) is 1.73. The van der Waals surface area contributed by atoms with Crippen LogP contribution in [0.1, 0.15) is 10.4 Å². The summed E-state index contributed by atoms with van der Waals surface area (Å²) < 4.78 is 0. The minimum absolute atomic E-state index is 0.0215. The van der Waals surface area contributed by atoms with Gasteiger partial charge in [-0.15, -0.1) is 0 Å². The molecule has 70 valence electrons. The fourth-order valence-electron chi connectivity index (χ4n) is 1.02. The van der Waals surface area contributed by atoms with Crippen molar-refractivity contribution in [3.05, 3.63) is 24.0 Å². The number of amides is 1. The molecule has 0 saturated heterocycles. The lowest BCUT2D eigenvalue weighted by Crippen LogP contribution is -2.22. The number of anilines is 1. The van der Waals surface area contributed by atoms with Gasteiger partial charge in [-0.3, -0.25) is 9.78 Å². The van der Waals surface area contributed by atoms with Gasteiger partial charge in [-0.1, -0.05) is 0 Å². The number of nitrogens with zero attached hydrogens (tertiary/aromatic N) is 2. The number of rotatable bonds is 2. The minimum atomic E-state index is -0.0215. The lowest BCUT2D eigenvalue weighted by Gasteiger charge is -2.12. The molecule has 1 aromatic rings. The van der Waals surface area contributed by atoms with Gasteiger partial charge >= 0.3 is 0 Å². The van der Waals surface area contributed by atoms with Gasteiger partial charge in [0.1, 0.15) is 0 Å². The molecule has 13 heavy (non-hydrogen) atoms. The van der Waals surface area contributed by atoms with Crippen LogP contribution in [0.5, 0.6) is 0 Å². The van der Waals surface area contributed by atoms with E-state index in [1.54, 1.807) is 39.6 Å². The van der Waals surface area contributed by atoms with Crippen LogP contribution < -0.4 is 5.32 Å². The SMILES string of the molecule is CNc1cnccc1C(=O)N(C)C. The highest BCUT2D eigenvalue weighted by atomic mass is 16.2. The van der Waals surface area contributed by atoms with E-state index in [-0.39, 0.29) is 5.91 Å². The molecule has 1 rings (SSSR count). The van der Waals surface area contributed by atoms with Crippen molar-refractivity contribution in [3.8, 4) is 0 Å². The summed E-state index contributed by atoms with van der Waals surface area (Å²) in [5, 5.41) is 2.92. The van der Waals surface area contributed by atoms with E-state index in [4.69, 9.17) is 0 Å². The highest BCUT2D eigenvalue weighted by Gasteiger charge is 2.11. The maximum atomic E-state index is 11.6. The number of hydrogen-bond acceptors (Lipinski definition) is 3. The molecule has 1 amide bonds. The Morgan fingerprint density at radius 1 is 1.54 bits per heavy atom. The van der Waals surface area contributed by atoms with Crippen molar-refractivity contribution in [1.29, 1.82) is 0 Å².